The zero-order valence-corrected chi connectivity index (χ0v) is 39.4. The quantitative estimate of drug-likeness (QED) is 0.160. The maximum atomic E-state index is 7.62. The minimum Gasteiger partial charge on any atom is -0.311 e. The van der Waals surface area contributed by atoms with Gasteiger partial charge in [0.2, 0.25) is 0 Å². The van der Waals surface area contributed by atoms with Crippen molar-refractivity contribution < 1.29 is 0 Å². The van der Waals surface area contributed by atoms with Crippen LogP contribution in [0.2, 0.25) is 5.02 Å². The third-order valence-corrected chi connectivity index (χ3v) is 17.3. The molecule has 7 aromatic carbocycles. The van der Waals surface area contributed by atoms with Gasteiger partial charge in [0.1, 0.15) is 0 Å². The van der Waals surface area contributed by atoms with Crippen LogP contribution in [0.25, 0.3) is 22.3 Å². The highest BCUT2D eigenvalue weighted by Gasteiger charge is 2.49. The van der Waals surface area contributed by atoms with Gasteiger partial charge in [0, 0.05) is 40.6 Å². The van der Waals surface area contributed by atoms with Crippen LogP contribution in [0, 0.1) is 0 Å². The van der Waals surface area contributed by atoms with Gasteiger partial charge in [-0.25, -0.2) is 0 Å². The first kappa shape index (κ1) is 38.9. The molecule has 4 heteroatoms. The maximum Gasteiger partial charge on any atom is 0.252 e. The Hall–Kier alpha value is -5.51. The van der Waals surface area contributed by atoms with Crippen LogP contribution in [0.3, 0.4) is 0 Å². The Morgan fingerprint density at radius 2 is 0.781 bits per heavy atom. The Bertz CT molecular complexity index is 3010. The van der Waals surface area contributed by atoms with Gasteiger partial charge in [-0.1, -0.05) is 152 Å². The van der Waals surface area contributed by atoms with Gasteiger partial charge in [-0.05, 0) is 167 Å². The highest BCUT2D eigenvalue weighted by atomic mass is 35.5. The first-order chi connectivity index (χ1) is 30.6. The van der Waals surface area contributed by atoms with Gasteiger partial charge in [0.25, 0.3) is 6.71 Å². The molecule has 0 atom stereocenters. The van der Waals surface area contributed by atoms with E-state index in [1.807, 2.05) is 0 Å². The second kappa shape index (κ2) is 12.9. The van der Waals surface area contributed by atoms with Gasteiger partial charge in [-0.15, -0.1) is 0 Å². The zero-order chi connectivity index (χ0) is 43.8. The Morgan fingerprint density at radius 3 is 1.20 bits per heavy atom. The molecule has 0 aromatic heterocycles. The first-order valence-electron chi connectivity index (χ1n) is 23.8. The number of rotatable bonds is 2. The van der Waals surface area contributed by atoms with Gasteiger partial charge in [-0.2, -0.15) is 0 Å². The van der Waals surface area contributed by atoms with Crippen molar-refractivity contribution in [2.75, 3.05) is 9.80 Å². The van der Waals surface area contributed by atoms with E-state index in [-0.39, 0.29) is 28.4 Å². The fourth-order valence-electron chi connectivity index (χ4n) is 13.3. The summed E-state index contributed by atoms with van der Waals surface area (Å²) >= 11 is 7.62. The number of halogens is 1. The fourth-order valence-corrected chi connectivity index (χ4v) is 13.5. The number of hydrogen-bond donors (Lipinski definition) is 0. The minimum atomic E-state index is 0.0139. The molecule has 0 saturated carbocycles. The molecule has 13 rings (SSSR count). The Labute approximate surface area is 385 Å². The van der Waals surface area contributed by atoms with Crippen molar-refractivity contribution in [2.45, 2.75) is 116 Å². The largest absolute Gasteiger partial charge is 0.311 e. The Kier molecular flexibility index (Phi) is 7.81. The number of fused-ring (bicyclic) bond motifs is 12. The van der Waals surface area contributed by atoms with E-state index < -0.39 is 0 Å². The van der Waals surface area contributed by atoms with Crippen LogP contribution in [0.15, 0.2) is 121 Å². The van der Waals surface area contributed by atoms with E-state index in [9.17, 15) is 0 Å². The summed E-state index contributed by atoms with van der Waals surface area (Å²) in [5.41, 5.74) is 28.8. The lowest BCUT2D eigenvalue weighted by Gasteiger charge is -2.49. The van der Waals surface area contributed by atoms with Gasteiger partial charge in [0.05, 0.1) is 11.4 Å². The van der Waals surface area contributed by atoms with Gasteiger partial charge < -0.3 is 9.80 Å². The van der Waals surface area contributed by atoms with E-state index in [0.717, 1.165) is 30.7 Å². The number of hydrogen-bond acceptors (Lipinski definition) is 2. The maximum absolute atomic E-state index is 7.62. The average molecular weight is 851 g/mol. The van der Waals surface area contributed by atoms with Crippen molar-refractivity contribution in [1.82, 2.24) is 0 Å². The SMILES string of the molecule is CC1(C)CCC(C)(C)c2cc3c(cc21)B1c2cc4c(cc2N(c2cccc5c2Cc2ccccc2-5)c2cc(Cl)cc(c21)N3c1cccc2c1Cc1ccccc1-2)C(C)(C)CCC4(C)C. The molecule has 2 heterocycles. The van der Waals surface area contributed by atoms with E-state index >= 15 is 0 Å². The van der Waals surface area contributed by atoms with Crippen LogP contribution in [0.1, 0.15) is 126 Å². The molecule has 6 aliphatic rings. The molecule has 316 valence electrons. The van der Waals surface area contributed by atoms with E-state index in [1.165, 1.54) is 130 Å². The topological polar surface area (TPSA) is 6.48 Å². The van der Waals surface area contributed by atoms with Gasteiger partial charge in [-0.3, -0.25) is 0 Å². The minimum absolute atomic E-state index is 0.0139. The highest BCUT2D eigenvalue weighted by Crippen LogP contribution is 2.55. The lowest BCUT2D eigenvalue weighted by Crippen LogP contribution is -2.62. The summed E-state index contributed by atoms with van der Waals surface area (Å²) in [6, 6.07) is 47.3. The molecule has 0 amide bonds. The van der Waals surface area contributed by atoms with Crippen molar-refractivity contribution in [2.24, 2.45) is 0 Å². The number of anilines is 6. The average Bonchev–Trinajstić information content (AvgIpc) is 3.85. The van der Waals surface area contributed by atoms with E-state index in [1.54, 1.807) is 0 Å². The molecule has 2 nitrogen and oxygen atoms in total. The molecule has 64 heavy (non-hydrogen) atoms. The van der Waals surface area contributed by atoms with Crippen molar-refractivity contribution >= 4 is 68.8 Å². The molecule has 7 aromatic rings. The summed E-state index contributed by atoms with van der Waals surface area (Å²) in [4.78, 5) is 5.30. The number of benzene rings is 7. The summed E-state index contributed by atoms with van der Waals surface area (Å²) in [6.45, 7) is 19.9. The smallest absolute Gasteiger partial charge is 0.252 e. The summed E-state index contributed by atoms with van der Waals surface area (Å²) in [7, 11) is 0. The zero-order valence-electron chi connectivity index (χ0n) is 38.6. The first-order valence-corrected chi connectivity index (χ1v) is 24.2. The van der Waals surface area contributed by atoms with Crippen molar-refractivity contribution in [3.8, 4) is 22.3 Å². The predicted octanol–water partition coefficient (Wildman–Crippen LogP) is 14.3. The van der Waals surface area contributed by atoms with Gasteiger partial charge in [0.15, 0.2) is 0 Å². The van der Waals surface area contributed by atoms with E-state index in [0.29, 0.717) is 0 Å². The molecule has 0 radical (unpaired) electrons. The molecular formula is C60H56BClN2. The lowest BCUT2D eigenvalue weighted by atomic mass is 9.32. The summed E-state index contributed by atoms with van der Waals surface area (Å²) in [5, 5.41) is 0.764. The highest BCUT2D eigenvalue weighted by molar-refractivity contribution is 7.00. The molecule has 0 spiro atoms. The molecule has 2 aliphatic heterocycles. The summed E-state index contributed by atoms with van der Waals surface area (Å²) in [6.07, 6.45) is 6.49. The number of nitrogens with zero attached hydrogens (tertiary/aromatic N) is 2. The third kappa shape index (κ3) is 5.22. The lowest BCUT2D eigenvalue weighted by molar-refractivity contribution is 0.332. The molecule has 0 saturated heterocycles. The van der Waals surface area contributed by atoms with E-state index in [2.05, 4.69) is 187 Å². The van der Waals surface area contributed by atoms with Crippen molar-refractivity contribution in [3.05, 3.63) is 171 Å². The second-order valence-corrected chi connectivity index (χ2v) is 23.1. The van der Waals surface area contributed by atoms with Crippen molar-refractivity contribution in [1.29, 1.82) is 0 Å². The van der Waals surface area contributed by atoms with Crippen molar-refractivity contribution in [3.63, 3.8) is 0 Å². The van der Waals surface area contributed by atoms with Crippen LogP contribution in [0.5, 0.6) is 0 Å². The van der Waals surface area contributed by atoms with Crippen LogP contribution < -0.4 is 26.2 Å². The molecule has 0 fully saturated rings. The fraction of sp³-hybridized carbons (Fsp3) is 0.300. The van der Waals surface area contributed by atoms with Crippen LogP contribution in [0.4, 0.5) is 34.1 Å². The summed E-state index contributed by atoms with van der Waals surface area (Å²) < 4.78 is 0. The van der Waals surface area contributed by atoms with E-state index in [4.69, 9.17) is 11.6 Å². The predicted molar refractivity (Wildman–Crippen MR) is 273 cm³/mol. The van der Waals surface area contributed by atoms with Crippen LogP contribution in [-0.4, -0.2) is 6.71 Å². The Morgan fingerprint density at radius 1 is 0.406 bits per heavy atom. The molecule has 0 unspecified atom stereocenters. The molecular weight excluding hydrogens is 795 g/mol. The normalized spacial score (nSPS) is 19.0. The standard InChI is InChI=1S/C60H56BClN2/c1-57(2)23-25-59(5,6)46-33-52-48(31-44(46)57)61-49-32-45-47(60(7,8)26-24-58(45,3)4)34-53(49)64(51-22-14-20-41-39-18-12-10-16-36(39)28-43(41)51)55-30-37(62)29-54(56(55)61)63(52)50-21-13-19-40-38-17-11-9-15-35(38)27-42(40)50/h9-22,29-34H,23-28H2,1-8H3. The second-order valence-electron chi connectivity index (χ2n) is 22.7. The molecule has 0 N–H and O–H groups in total. The van der Waals surface area contributed by atoms with Gasteiger partial charge >= 0.3 is 0 Å². The summed E-state index contributed by atoms with van der Waals surface area (Å²) in [5.74, 6) is 0. The van der Waals surface area contributed by atoms with Crippen LogP contribution >= 0.6 is 11.6 Å². The monoisotopic (exact) mass is 850 g/mol. The molecule has 4 aliphatic carbocycles. The van der Waals surface area contributed by atoms with Crippen LogP contribution in [-0.2, 0) is 34.5 Å². The third-order valence-electron chi connectivity index (χ3n) is 17.1. The molecule has 0 bridgehead atoms. The Balaban J connectivity index is 1.16.